The molecule has 1 aliphatic heterocycles. The van der Waals surface area contributed by atoms with Crippen LogP contribution in [-0.2, 0) is 0 Å². The second-order valence-electron chi connectivity index (χ2n) is 8.26. The number of rotatable bonds is 8. The van der Waals surface area contributed by atoms with Crippen molar-refractivity contribution >= 4 is 34.1 Å². The maximum absolute atomic E-state index is 12.9. The Morgan fingerprint density at radius 2 is 1.62 bits per heavy atom. The Labute approximate surface area is 213 Å². The fourth-order valence-corrected chi connectivity index (χ4v) is 3.98. The monoisotopic (exact) mass is 498 g/mol. The SMILES string of the molecule is O=C(NCCNCCNC1=NN(O)c2ccccc2N1O)c1cccc2ccc(-c3ccncc3)nc12. The third-order valence-corrected chi connectivity index (χ3v) is 5.83. The minimum atomic E-state index is -0.195. The number of carbonyl (C=O) groups is 1. The first-order valence-corrected chi connectivity index (χ1v) is 11.8. The lowest BCUT2D eigenvalue weighted by atomic mass is 10.1. The van der Waals surface area contributed by atoms with Gasteiger partial charge in [-0.05, 0) is 36.4 Å². The quantitative estimate of drug-likeness (QED) is 0.232. The van der Waals surface area contributed by atoms with Crippen LogP contribution in [0.4, 0.5) is 11.4 Å². The molecule has 0 atom stereocenters. The van der Waals surface area contributed by atoms with E-state index >= 15 is 0 Å². The molecule has 2 aromatic heterocycles. The molecule has 0 bridgehead atoms. The summed E-state index contributed by atoms with van der Waals surface area (Å²) in [5, 5.41) is 35.9. The molecule has 0 unspecified atom stereocenters. The molecule has 1 amide bonds. The Balaban J connectivity index is 1.10. The first-order chi connectivity index (χ1) is 18.1. The van der Waals surface area contributed by atoms with E-state index < -0.39 is 0 Å². The van der Waals surface area contributed by atoms with Gasteiger partial charge in [-0.3, -0.25) is 20.2 Å². The van der Waals surface area contributed by atoms with Crippen molar-refractivity contribution in [2.45, 2.75) is 0 Å². The summed E-state index contributed by atoms with van der Waals surface area (Å²) in [4.78, 5) is 21.7. The van der Waals surface area contributed by atoms with E-state index in [1.165, 1.54) is 0 Å². The van der Waals surface area contributed by atoms with Crippen LogP contribution in [0, 0.1) is 0 Å². The van der Waals surface area contributed by atoms with Crippen LogP contribution >= 0.6 is 0 Å². The van der Waals surface area contributed by atoms with Crippen LogP contribution in [-0.4, -0.2) is 58.4 Å². The molecular formula is C26H26N8O3. The van der Waals surface area contributed by atoms with Crippen LogP contribution in [0.2, 0.25) is 0 Å². The summed E-state index contributed by atoms with van der Waals surface area (Å²) in [5.74, 6) is -0.0926. The number of nitrogens with zero attached hydrogens (tertiary/aromatic N) is 5. The standard InChI is InChI=1S/C26H26N8O3/c35-25(20-5-3-4-19-8-9-21(31-24(19)20)18-10-12-27-13-11-18)29-16-14-28-15-17-30-26-32-34(37)23-7-2-1-6-22(23)33(26)36/h1-13,28,36-37H,14-17H2,(H,29,35)(H,30,32). The highest BCUT2D eigenvalue weighted by Gasteiger charge is 2.23. The van der Waals surface area contributed by atoms with Gasteiger partial charge in [-0.2, -0.15) is 5.06 Å². The molecule has 0 saturated heterocycles. The zero-order chi connectivity index (χ0) is 25.6. The summed E-state index contributed by atoms with van der Waals surface area (Å²) in [7, 11) is 0. The number of hydroxylamine groups is 1. The van der Waals surface area contributed by atoms with E-state index in [9.17, 15) is 15.2 Å². The van der Waals surface area contributed by atoms with Gasteiger partial charge in [0.2, 0.25) is 5.96 Å². The number of carbonyl (C=O) groups excluding carboxylic acids is 1. The number of amides is 1. The molecular weight excluding hydrogens is 472 g/mol. The molecule has 0 spiro atoms. The number of aromatic nitrogens is 2. The number of benzene rings is 2. The lowest BCUT2D eigenvalue weighted by Gasteiger charge is -2.29. The Kier molecular flexibility index (Phi) is 7.17. The number of hydrogen-bond acceptors (Lipinski definition) is 10. The van der Waals surface area contributed by atoms with Gasteiger partial charge in [-0.1, -0.05) is 30.3 Å². The van der Waals surface area contributed by atoms with E-state index in [-0.39, 0.29) is 11.9 Å². The van der Waals surface area contributed by atoms with Crippen molar-refractivity contribution in [3.8, 4) is 11.3 Å². The van der Waals surface area contributed by atoms with Crippen LogP contribution < -0.4 is 26.2 Å². The summed E-state index contributed by atoms with van der Waals surface area (Å²) in [6.45, 7) is 1.94. The second-order valence-corrected chi connectivity index (χ2v) is 8.26. The van der Waals surface area contributed by atoms with Crippen molar-refractivity contribution in [3.05, 3.63) is 84.7 Å². The van der Waals surface area contributed by atoms with E-state index in [0.717, 1.165) is 26.9 Å². The summed E-state index contributed by atoms with van der Waals surface area (Å²) >= 11 is 0. The molecule has 0 saturated carbocycles. The molecule has 5 N–H and O–H groups in total. The van der Waals surface area contributed by atoms with Crippen molar-refractivity contribution in [1.29, 1.82) is 0 Å². The van der Waals surface area contributed by atoms with E-state index in [2.05, 4.69) is 26.0 Å². The highest BCUT2D eigenvalue weighted by atomic mass is 16.5. The minimum absolute atomic E-state index is 0.103. The number of fused-ring (bicyclic) bond motifs is 2. The Morgan fingerprint density at radius 3 is 2.46 bits per heavy atom. The molecule has 0 aliphatic carbocycles. The highest BCUT2D eigenvalue weighted by Crippen LogP contribution is 2.30. The van der Waals surface area contributed by atoms with Crippen LogP contribution in [0.3, 0.4) is 0 Å². The normalized spacial score (nSPS) is 12.8. The molecule has 1 aliphatic rings. The number of pyridine rings is 2. The minimum Gasteiger partial charge on any atom is -0.351 e. The van der Waals surface area contributed by atoms with E-state index in [1.54, 1.807) is 42.7 Å². The predicted molar refractivity (Wildman–Crippen MR) is 141 cm³/mol. The van der Waals surface area contributed by atoms with Crippen molar-refractivity contribution < 1.29 is 15.2 Å². The zero-order valence-corrected chi connectivity index (χ0v) is 19.9. The number of guanidine groups is 1. The van der Waals surface area contributed by atoms with Crippen LogP contribution in [0.1, 0.15) is 10.4 Å². The average molecular weight is 499 g/mol. The number of para-hydroxylation sites is 3. The van der Waals surface area contributed by atoms with Gasteiger partial charge in [-0.15, -0.1) is 10.3 Å². The van der Waals surface area contributed by atoms with Gasteiger partial charge in [0.15, 0.2) is 0 Å². The fourth-order valence-electron chi connectivity index (χ4n) is 3.98. The van der Waals surface area contributed by atoms with E-state index in [0.29, 0.717) is 48.6 Å². The van der Waals surface area contributed by atoms with Gasteiger partial charge >= 0.3 is 0 Å². The molecule has 2 aromatic carbocycles. The fraction of sp³-hybridized carbons (Fsp3) is 0.154. The van der Waals surface area contributed by atoms with Gasteiger partial charge in [0.05, 0.1) is 16.8 Å². The largest absolute Gasteiger partial charge is 0.351 e. The number of hydrazone groups is 1. The molecule has 0 radical (unpaired) electrons. The first kappa shape index (κ1) is 24.1. The van der Waals surface area contributed by atoms with Crippen LogP contribution in [0.5, 0.6) is 0 Å². The molecule has 0 fully saturated rings. The number of anilines is 2. The van der Waals surface area contributed by atoms with Gasteiger partial charge in [0, 0.05) is 49.5 Å². The number of nitrogens with one attached hydrogen (secondary N) is 3. The lowest BCUT2D eigenvalue weighted by molar-refractivity contribution is 0.0955. The Bertz CT molecular complexity index is 1430. The molecule has 37 heavy (non-hydrogen) atoms. The van der Waals surface area contributed by atoms with E-state index in [1.807, 2.05) is 36.4 Å². The summed E-state index contributed by atoms with van der Waals surface area (Å²) in [5.41, 5.74) is 3.66. The lowest BCUT2D eigenvalue weighted by Crippen LogP contribution is -2.46. The van der Waals surface area contributed by atoms with E-state index in [4.69, 9.17) is 4.98 Å². The highest BCUT2D eigenvalue weighted by molar-refractivity contribution is 6.06. The summed E-state index contributed by atoms with van der Waals surface area (Å²) < 4.78 is 0. The summed E-state index contributed by atoms with van der Waals surface area (Å²) in [6, 6.07) is 20.0. The predicted octanol–water partition coefficient (Wildman–Crippen LogP) is 2.58. The Hall–Kier alpha value is -4.58. The maximum Gasteiger partial charge on any atom is 0.253 e. The van der Waals surface area contributed by atoms with Crippen molar-refractivity contribution in [2.24, 2.45) is 5.10 Å². The summed E-state index contributed by atoms with van der Waals surface area (Å²) in [6.07, 6.45) is 3.43. The molecule has 4 aromatic rings. The van der Waals surface area contributed by atoms with Crippen LogP contribution in [0.15, 0.2) is 84.2 Å². The van der Waals surface area contributed by atoms with Gasteiger partial charge < -0.3 is 16.0 Å². The van der Waals surface area contributed by atoms with Gasteiger partial charge in [0.1, 0.15) is 11.4 Å². The van der Waals surface area contributed by atoms with Gasteiger partial charge in [-0.25, -0.2) is 4.98 Å². The third kappa shape index (κ3) is 5.33. The second kappa shape index (κ2) is 11.0. The van der Waals surface area contributed by atoms with Crippen LogP contribution in [0.25, 0.3) is 22.2 Å². The van der Waals surface area contributed by atoms with Crippen molar-refractivity contribution in [3.63, 3.8) is 0 Å². The zero-order valence-electron chi connectivity index (χ0n) is 19.9. The first-order valence-electron chi connectivity index (χ1n) is 11.8. The Morgan fingerprint density at radius 1 is 0.838 bits per heavy atom. The third-order valence-electron chi connectivity index (χ3n) is 5.83. The molecule has 11 nitrogen and oxygen atoms in total. The number of hydrogen-bond donors (Lipinski definition) is 5. The van der Waals surface area contributed by atoms with Crippen molar-refractivity contribution in [2.75, 3.05) is 36.4 Å². The van der Waals surface area contributed by atoms with Crippen molar-refractivity contribution in [1.82, 2.24) is 25.9 Å². The molecule has 5 rings (SSSR count). The molecule has 3 heterocycles. The maximum atomic E-state index is 12.9. The van der Waals surface area contributed by atoms with Gasteiger partial charge in [0.25, 0.3) is 5.91 Å². The molecule has 11 heteroatoms. The smallest absolute Gasteiger partial charge is 0.253 e. The topological polar surface area (TPSA) is 138 Å². The average Bonchev–Trinajstić information content (AvgIpc) is 2.94. The molecule has 188 valence electrons.